The number of imide groups is 2. The molecule has 0 aromatic carbocycles. The van der Waals surface area contributed by atoms with Crippen LogP contribution in [0.2, 0.25) is 0 Å². The third-order valence-electron chi connectivity index (χ3n) is 3.44. The van der Waals surface area contributed by atoms with Gasteiger partial charge in [0.2, 0.25) is 5.91 Å². The van der Waals surface area contributed by atoms with Crippen molar-refractivity contribution >= 4 is 34.9 Å². The van der Waals surface area contributed by atoms with Crippen molar-refractivity contribution in [3.05, 3.63) is 16.8 Å². The van der Waals surface area contributed by atoms with E-state index in [0.29, 0.717) is 18.5 Å². The van der Waals surface area contributed by atoms with E-state index in [1.807, 2.05) is 0 Å². The van der Waals surface area contributed by atoms with Gasteiger partial charge in [0, 0.05) is 5.38 Å². The Morgan fingerprint density at radius 1 is 1.29 bits per heavy atom. The third-order valence-corrected chi connectivity index (χ3v) is 4.11. The Morgan fingerprint density at radius 3 is 2.59 bits per heavy atom. The monoisotopic (exact) mass is 250 g/mol. The van der Waals surface area contributed by atoms with Gasteiger partial charge in [-0.3, -0.25) is 14.9 Å². The molecule has 2 fully saturated rings. The van der Waals surface area contributed by atoms with Crippen molar-refractivity contribution in [1.82, 2.24) is 5.32 Å². The predicted molar refractivity (Wildman–Crippen MR) is 61.6 cm³/mol. The molecule has 1 aliphatic carbocycles. The van der Waals surface area contributed by atoms with Crippen molar-refractivity contribution in [3.8, 4) is 0 Å². The third kappa shape index (κ3) is 1.27. The summed E-state index contributed by atoms with van der Waals surface area (Å²) in [4.78, 5) is 36.9. The summed E-state index contributed by atoms with van der Waals surface area (Å²) in [5.41, 5.74) is -0.452. The van der Waals surface area contributed by atoms with E-state index in [9.17, 15) is 14.4 Å². The first-order valence-corrected chi connectivity index (χ1v) is 6.32. The standard InChI is InChI=1S/C11H10N2O3S/c14-8-11(3-1-4-11)9(15)13(10(16)12-8)7-2-5-17-6-7/h2,5-6H,1,3-4H2,(H,12,14,16). The van der Waals surface area contributed by atoms with Gasteiger partial charge >= 0.3 is 6.03 Å². The maximum Gasteiger partial charge on any atom is 0.335 e. The number of nitrogens with one attached hydrogen (secondary N) is 1. The van der Waals surface area contributed by atoms with Crippen molar-refractivity contribution < 1.29 is 14.4 Å². The number of nitrogens with zero attached hydrogens (tertiary/aromatic N) is 1. The number of carbonyl (C=O) groups excluding carboxylic acids is 3. The van der Waals surface area contributed by atoms with Crippen LogP contribution in [0.1, 0.15) is 19.3 Å². The first-order valence-electron chi connectivity index (χ1n) is 5.37. The smallest absolute Gasteiger partial charge is 0.276 e. The lowest BCUT2D eigenvalue weighted by atomic mass is 9.66. The van der Waals surface area contributed by atoms with Gasteiger partial charge in [0.1, 0.15) is 5.41 Å². The molecule has 6 heteroatoms. The number of barbiturate groups is 1. The number of anilines is 1. The minimum Gasteiger partial charge on any atom is -0.276 e. The first-order chi connectivity index (χ1) is 8.15. The van der Waals surface area contributed by atoms with E-state index in [1.165, 1.54) is 11.3 Å². The van der Waals surface area contributed by atoms with Crippen LogP contribution in [0.3, 0.4) is 0 Å². The van der Waals surface area contributed by atoms with Crippen LogP contribution in [0.4, 0.5) is 10.5 Å². The minimum absolute atomic E-state index is 0.379. The first kappa shape index (κ1) is 10.5. The highest BCUT2D eigenvalue weighted by molar-refractivity contribution is 7.08. The topological polar surface area (TPSA) is 66.5 Å². The van der Waals surface area contributed by atoms with E-state index in [2.05, 4.69) is 5.32 Å². The molecule has 1 N–H and O–H groups in total. The fraction of sp³-hybridized carbons (Fsp3) is 0.364. The quantitative estimate of drug-likeness (QED) is 0.768. The zero-order valence-corrected chi connectivity index (χ0v) is 9.75. The number of urea groups is 1. The minimum atomic E-state index is -0.990. The molecule has 5 nitrogen and oxygen atoms in total. The largest absolute Gasteiger partial charge is 0.335 e. The molecule has 1 saturated heterocycles. The Morgan fingerprint density at radius 2 is 2.06 bits per heavy atom. The van der Waals surface area contributed by atoms with E-state index in [4.69, 9.17) is 0 Å². The molecule has 1 saturated carbocycles. The van der Waals surface area contributed by atoms with Gasteiger partial charge in [-0.25, -0.2) is 9.69 Å². The van der Waals surface area contributed by atoms with Crippen LogP contribution in [0.25, 0.3) is 0 Å². The second-order valence-electron chi connectivity index (χ2n) is 4.32. The Hall–Kier alpha value is -1.69. The lowest BCUT2D eigenvalue weighted by molar-refractivity contribution is -0.148. The summed E-state index contributed by atoms with van der Waals surface area (Å²) < 4.78 is 0. The number of hydrogen-bond donors (Lipinski definition) is 1. The number of amides is 4. The molecule has 0 bridgehead atoms. The maximum absolute atomic E-state index is 12.3. The molecular weight excluding hydrogens is 240 g/mol. The van der Waals surface area contributed by atoms with Gasteiger partial charge in [-0.1, -0.05) is 6.42 Å². The molecule has 1 spiro atoms. The summed E-state index contributed by atoms with van der Waals surface area (Å²) in [5.74, 6) is -0.818. The Labute approximate surface area is 101 Å². The summed E-state index contributed by atoms with van der Waals surface area (Å²) in [6.45, 7) is 0. The number of rotatable bonds is 1. The Balaban J connectivity index is 2.02. The van der Waals surface area contributed by atoms with Gasteiger partial charge in [0.05, 0.1) is 5.69 Å². The van der Waals surface area contributed by atoms with Crippen LogP contribution in [-0.2, 0) is 9.59 Å². The van der Waals surface area contributed by atoms with Gasteiger partial charge in [-0.15, -0.1) is 0 Å². The van der Waals surface area contributed by atoms with Crippen LogP contribution < -0.4 is 10.2 Å². The lowest BCUT2D eigenvalue weighted by Gasteiger charge is -2.44. The van der Waals surface area contributed by atoms with Gasteiger partial charge in [-0.2, -0.15) is 11.3 Å². The molecule has 17 heavy (non-hydrogen) atoms. The molecule has 1 aromatic heterocycles. The molecule has 2 heterocycles. The van der Waals surface area contributed by atoms with E-state index in [1.54, 1.807) is 16.8 Å². The zero-order chi connectivity index (χ0) is 12.0. The SMILES string of the molecule is O=C1NC(=O)C2(CCC2)C(=O)N1c1ccsc1. The fourth-order valence-electron chi connectivity index (χ4n) is 2.27. The normalized spacial score (nSPS) is 22.6. The predicted octanol–water partition coefficient (Wildman–Crippen LogP) is 1.50. The van der Waals surface area contributed by atoms with Crippen molar-refractivity contribution in [2.75, 3.05) is 4.90 Å². The highest BCUT2D eigenvalue weighted by atomic mass is 32.1. The molecule has 1 aliphatic heterocycles. The van der Waals surface area contributed by atoms with Crippen LogP contribution >= 0.6 is 11.3 Å². The molecule has 88 valence electrons. The van der Waals surface area contributed by atoms with Crippen molar-refractivity contribution in [2.24, 2.45) is 5.41 Å². The lowest BCUT2D eigenvalue weighted by Crippen LogP contribution is -2.66. The second-order valence-corrected chi connectivity index (χ2v) is 5.10. The molecule has 0 radical (unpaired) electrons. The van der Waals surface area contributed by atoms with Crippen molar-refractivity contribution in [1.29, 1.82) is 0 Å². The summed E-state index contributed by atoms with van der Waals surface area (Å²) in [6, 6.07) is 1.06. The molecule has 3 rings (SSSR count). The van der Waals surface area contributed by atoms with Crippen LogP contribution in [0.15, 0.2) is 16.8 Å². The fourth-order valence-corrected chi connectivity index (χ4v) is 2.89. The molecule has 0 unspecified atom stereocenters. The van der Waals surface area contributed by atoms with Gasteiger partial charge in [-0.05, 0) is 24.3 Å². The Bertz CT molecular complexity index is 505. The highest BCUT2D eigenvalue weighted by Gasteiger charge is 2.57. The second kappa shape index (κ2) is 3.40. The number of carbonyl (C=O) groups is 3. The Kier molecular flexibility index (Phi) is 2.09. The van der Waals surface area contributed by atoms with Crippen LogP contribution in [0, 0.1) is 5.41 Å². The average Bonchev–Trinajstić information content (AvgIpc) is 2.67. The maximum atomic E-state index is 12.3. The highest BCUT2D eigenvalue weighted by Crippen LogP contribution is 2.45. The van der Waals surface area contributed by atoms with Gasteiger partial charge in [0.15, 0.2) is 0 Å². The number of thiophene rings is 1. The number of hydrogen-bond acceptors (Lipinski definition) is 4. The summed E-state index contributed by atoms with van der Waals surface area (Å²) in [6.07, 6.45) is 1.92. The van der Waals surface area contributed by atoms with E-state index in [-0.39, 0.29) is 5.91 Å². The summed E-state index contributed by atoms with van der Waals surface area (Å²) >= 11 is 1.41. The van der Waals surface area contributed by atoms with Gasteiger partial charge < -0.3 is 0 Å². The molecular formula is C11H10N2O3S. The molecule has 1 aromatic rings. The van der Waals surface area contributed by atoms with E-state index >= 15 is 0 Å². The van der Waals surface area contributed by atoms with Crippen LogP contribution in [-0.4, -0.2) is 17.8 Å². The zero-order valence-electron chi connectivity index (χ0n) is 8.93. The van der Waals surface area contributed by atoms with Crippen molar-refractivity contribution in [3.63, 3.8) is 0 Å². The summed E-state index contributed by atoms with van der Waals surface area (Å²) in [5, 5.41) is 5.79. The van der Waals surface area contributed by atoms with E-state index < -0.39 is 17.4 Å². The summed E-state index contributed by atoms with van der Waals surface area (Å²) in [7, 11) is 0. The van der Waals surface area contributed by atoms with E-state index in [0.717, 1.165) is 11.3 Å². The molecule has 2 aliphatic rings. The average molecular weight is 250 g/mol. The van der Waals surface area contributed by atoms with Crippen molar-refractivity contribution in [2.45, 2.75) is 19.3 Å². The molecule has 4 amide bonds. The van der Waals surface area contributed by atoms with Crippen LogP contribution in [0.5, 0.6) is 0 Å². The van der Waals surface area contributed by atoms with Gasteiger partial charge in [0.25, 0.3) is 5.91 Å². The molecule has 0 atom stereocenters.